The molecule has 0 bridgehead atoms. The van der Waals surface area contributed by atoms with Gasteiger partial charge in [0, 0.05) is 10.6 Å². The number of ether oxygens (including phenoxy) is 1. The van der Waals surface area contributed by atoms with Crippen LogP contribution >= 0.6 is 11.6 Å². The summed E-state index contributed by atoms with van der Waals surface area (Å²) in [6, 6.07) is 9.38. The number of methoxy groups -OCH3 is 1. The highest BCUT2D eigenvalue weighted by molar-refractivity contribution is 6.30. The summed E-state index contributed by atoms with van der Waals surface area (Å²) < 4.78 is 11.0. The van der Waals surface area contributed by atoms with Gasteiger partial charge in [0.2, 0.25) is 0 Å². The normalized spacial score (nSPS) is 12.4. The van der Waals surface area contributed by atoms with Crippen LogP contribution in [0.4, 0.5) is 0 Å². The van der Waals surface area contributed by atoms with E-state index in [1.54, 1.807) is 7.11 Å². The van der Waals surface area contributed by atoms with Gasteiger partial charge in [-0.2, -0.15) is 0 Å². The Morgan fingerprint density at radius 1 is 1.28 bits per heavy atom. The van der Waals surface area contributed by atoms with Crippen molar-refractivity contribution in [1.82, 2.24) is 5.32 Å². The van der Waals surface area contributed by atoms with Crippen molar-refractivity contribution in [3.05, 3.63) is 52.4 Å². The van der Waals surface area contributed by atoms with E-state index in [-0.39, 0.29) is 6.04 Å². The Hall–Kier alpha value is -1.45. The van der Waals surface area contributed by atoms with Crippen LogP contribution in [0.5, 0.6) is 5.75 Å². The van der Waals surface area contributed by atoms with Gasteiger partial charge in [0.1, 0.15) is 17.3 Å². The first-order valence-electron chi connectivity index (χ1n) is 5.72. The van der Waals surface area contributed by atoms with Crippen LogP contribution in [0.3, 0.4) is 0 Å². The molecule has 18 heavy (non-hydrogen) atoms. The number of benzene rings is 1. The molecule has 0 saturated heterocycles. The number of hydrogen-bond donors (Lipinski definition) is 1. The summed E-state index contributed by atoms with van der Waals surface area (Å²) in [5.41, 5.74) is 0.960. The Bertz CT molecular complexity index is 536. The van der Waals surface area contributed by atoms with Crippen molar-refractivity contribution in [1.29, 1.82) is 0 Å². The van der Waals surface area contributed by atoms with Crippen LogP contribution in [-0.4, -0.2) is 14.2 Å². The Kier molecular flexibility index (Phi) is 3.94. The van der Waals surface area contributed by atoms with Gasteiger partial charge in [-0.1, -0.05) is 11.6 Å². The summed E-state index contributed by atoms with van der Waals surface area (Å²) in [6.07, 6.45) is 0. The summed E-state index contributed by atoms with van der Waals surface area (Å²) >= 11 is 6.05. The molecule has 1 atom stereocenters. The first-order chi connectivity index (χ1) is 8.65. The second-order valence-electron chi connectivity index (χ2n) is 4.06. The van der Waals surface area contributed by atoms with E-state index in [9.17, 15) is 0 Å². The van der Waals surface area contributed by atoms with Gasteiger partial charge in [0.15, 0.2) is 0 Å². The first kappa shape index (κ1) is 13.0. The highest BCUT2D eigenvalue weighted by atomic mass is 35.5. The molecule has 0 fully saturated rings. The molecule has 0 aliphatic carbocycles. The fourth-order valence-corrected chi connectivity index (χ4v) is 2.17. The van der Waals surface area contributed by atoms with Crippen molar-refractivity contribution >= 4 is 11.6 Å². The topological polar surface area (TPSA) is 34.4 Å². The standard InChI is InChI=1S/C14H16ClNO2/c1-9-4-6-13(18-9)14(16-2)11-8-10(15)5-7-12(11)17-3/h4-8,14,16H,1-3H3. The van der Waals surface area contributed by atoms with E-state index in [0.29, 0.717) is 5.02 Å². The third kappa shape index (κ3) is 2.52. The molecule has 3 nitrogen and oxygen atoms in total. The molecule has 0 amide bonds. The molecule has 1 aromatic carbocycles. The molecule has 2 rings (SSSR count). The minimum Gasteiger partial charge on any atom is -0.496 e. The van der Waals surface area contributed by atoms with Crippen LogP contribution in [-0.2, 0) is 0 Å². The fourth-order valence-electron chi connectivity index (χ4n) is 1.99. The number of rotatable bonds is 4. The van der Waals surface area contributed by atoms with Crippen LogP contribution in [0.15, 0.2) is 34.7 Å². The van der Waals surface area contributed by atoms with Crippen LogP contribution in [0.2, 0.25) is 5.02 Å². The number of halogens is 1. The molecule has 1 aromatic heterocycles. The smallest absolute Gasteiger partial charge is 0.125 e. The van der Waals surface area contributed by atoms with Crippen molar-refractivity contribution < 1.29 is 9.15 Å². The third-order valence-electron chi connectivity index (χ3n) is 2.84. The molecule has 2 aromatic rings. The summed E-state index contributed by atoms with van der Waals surface area (Å²) in [5.74, 6) is 2.51. The maximum atomic E-state index is 6.05. The Balaban J connectivity index is 2.47. The zero-order valence-corrected chi connectivity index (χ0v) is 11.4. The van der Waals surface area contributed by atoms with Crippen molar-refractivity contribution in [3.8, 4) is 5.75 Å². The molecule has 0 aliphatic heterocycles. The minimum absolute atomic E-state index is 0.0765. The zero-order chi connectivity index (χ0) is 13.1. The number of hydrogen-bond acceptors (Lipinski definition) is 3. The van der Waals surface area contributed by atoms with Crippen LogP contribution in [0, 0.1) is 6.92 Å². The minimum atomic E-state index is -0.0765. The number of nitrogens with one attached hydrogen (secondary N) is 1. The fraction of sp³-hybridized carbons (Fsp3) is 0.286. The highest BCUT2D eigenvalue weighted by Gasteiger charge is 2.19. The SMILES string of the molecule is CNC(c1ccc(C)o1)c1cc(Cl)ccc1OC. The lowest BCUT2D eigenvalue weighted by molar-refractivity contribution is 0.394. The molecule has 0 saturated carbocycles. The zero-order valence-electron chi connectivity index (χ0n) is 10.7. The van der Waals surface area contributed by atoms with E-state index in [1.807, 2.05) is 44.3 Å². The molecular weight excluding hydrogens is 250 g/mol. The second kappa shape index (κ2) is 5.46. The van der Waals surface area contributed by atoms with Gasteiger partial charge in [-0.15, -0.1) is 0 Å². The van der Waals surface area contributed by atoms with Crippen molar-refractivity contribution in [2.75, 3.05) is 14.2 Å². The number of furan rings is 1. The molecule has 0 spiro atoms. The van der Waals surface area contributed by atoms with Crippen LogP contribution in [0.25, 0.3) is 0 Å². The van der Waals surface area contributed by atoms with Crippen molar-refractivity contribution in [2.24, 2.45) is 0 Å². The molecule has 4 heteroatoms. The Morgan fingerprint density at radius 3 is 2.61 bits per heavy atom. The quantitative estimate of drug-likeness (QED) is 0.918. The van der Waals surface area contributed by atoms with Gasteiger partial charge < -0.3 is 14.5 Å². The first-order valence-corrected chi connectivity index (χ1v) is 6.10. The van der Waals surface area contributed by atoms with Crippen LogP contribution < -0.4 is 10.1 Å². The maximum absolute atomic E-state index is 6.05. The van der Waals surface area contributed by atoms with E-state index >= 15 is 0 Å². The Morgan fingerprint density at radius 2 is 2.06 bits per heavy atom. The monoisotopic (exact) mass is 265 g/mol. The van der Waals surface area contributed by atoms with Gasteiger partial charge in [0.25, 0.3) is 0 Å². The van der Waals surface area contributed by atoms with Gasteiger partial charge in [-0.3, -0.25) is 0 Å². The van der Waals surface area contributed by atoms with Crippen LogP contribution in [0.1, 0.15) is 23.1 Å². The largest absolute Gasteiger partial charge is 0.496 e. The van der Waals surface area contributed by atoms with Gasteiger partial charge in [-0.25, -0.2) is 0 Å². The Labute approximate surface area is 112 Å². The predicted octanol–water partition coefficient (Wildman–Crippen LogP) is 3.56. The summed E-state index contributed by atoms with van der Waals surface area (Å²) in [7, 11) is 3.52. The average molecular weight is 266 g/mol. The molecule has 96 valence electrons. The summed E-state index contributed by atoms with van der Waals surface area (Å²) in [6.45, 7) is 1.92. The average Bonchev–Trinajstić information content (AvgIpc) is 2.77. The van der Waals surface area contributed by atoms with E-state index in [4.69, 9.17) is 20.8 Å². The molecule has 0 radical (unpaired) electrons. The van der Waals surface area contributed by atoms with E-state index < -0.39 is 0 Å². The lowest BCUT2D eigenvalue weighted by Gasteiger charge is -2.17. The van der Waals surface area contributed by atoms with Crippen molar-refractivity contribution in [3.63, 3.8) is 0 Å². The summed E-state index contributed by atoms with van der Waals surface area (Å²) in [4.78, 5) is 0. The van der Waals surface area contributed by atoms with E-state index in [1.165, 1.54) is 0 Å². The maximum Gasteiger partial charge on any atom is 0.125 e. The molecule has 0 aliphatic rings. The lowest BCUT2D eigenvalue weighted by atomic mass is 10.0. The van der Waals surface area contributed by atoms with Gasteiger partial charge in [-0.05, 0) is 44.3 Å². The molecular formula is C14H16ClNO2. The molecule has 1 N–H and O–H groups in total. The lowest BCUT2D eigenvalue weighted by Crippen LogP contribution is -2.17. The van der Waals surface area contributed by atoms with Gasteiger partial charge in [0.05, 0.1) is 13.2 Å². The van der Waals surface area contributed by atoms with Crippen molar-refractivity contribution in [2.45, 2.75) is 13.0 Å². The molecule has 1 unspecified atom stereocenters. The van der Waals surface area contributed by atoms with Gasteiger partial charge >= 0.3 is 0 Å². The third-order valence-corrected chi connectivity index (χ3v) is 3.07. The highest BCUT2D eigenvalue weighted by Crippen LogP contribution is 2.32. The molecule has 1 heterocycles. The number of aryl methyl sites for hydroxylation is 1. The van der Waals surface area contributed by atoms with E-state index in [0.717, 1.165) is 22.8 Å². The summed E-state index contributed by atoms with van der Waals surface area (Å²) in [5, 5.41) is 3.89. The second-order valence-corrected chi connectivity index (χ2v) is 4.49. The predicted molar refractivity (Wildman–Crippen MR) is 72.4 cm³/mol. The van der Waals surface area contributed by atoms with E-state index in [2.05, 4.69) is 5.32 Å².